The molecule has 0 spiro atoms. The summed E-state index contributed by atoms with van der Waals surface area (Å²) in [5.74, 6) is -1.28. The number of hydrogen-bond donors (Lipinski definition) is 0. The fourth-order valence-corrected chi connectivity index (χ4v) is 2.70. The van der Waals surface area contributed by atoms with E-state index in [9.17, 15) is 14.4 Å². The lowest BCUT2D eigenvalue weighted by atomic mass is 10.2. The van der Waals surface area contributed by atoms with E-state index in [1.165, 1.54) is 42.1 Å². The zero-order valence-corrected chi connectivity index (χ0v) is 15.8. The monoisotopic (exact) mass is 398 g/mol. The van der Waals surface area contributed by atoms with Crippen molar-refractivity contribution in [3.63, 3.8) is 0 Å². The Morgan fingerprint density at radius 1 is 1.04 bits per heavy atom. The Balaban J connectivity index is 1.92. The standard InChI is InChI=1S/C20H15ClN2O5/c1-12-11-17(24)18(22-23(12)16-6-4-3-5-15(16)21)20(26)28-14-9-7-13(8-10-14)19(25)27-2/h3-11H,1-2H3. The average molecular weight is 399 g/mol. The smallest absolute Gasteiger partial charge is 0.368 e. The Morgan fingerprint density at radius 2 is 1.71 bits per heavy atom. The highest BCUT2D eigenvalue weighted by atomic mass is 35.5. The molecule has 0 unspecified atom stereocenters. The van der Waals surface area contributed by atoms with Crippen molar-refractivity contribution in [3.05, 3.63) is 86.8 Å². The van der Waals surface area contributed by atoms with E-state index in [2.05, 4.69) is 9.84 Å². The van der Waals surface area contributed by atoms with E-state index in [1.807, 2.05) is 0 Å². The summed E-state index contributed by atoms with van der Waals surface area (Å²) in [4.78, 5) is 36.2. The lowest BCUT2D eigenvalue weighted by Gasteiger charge is -2.12. The SMILES string of the molecule is COC(=O)c1ccc(OC(=O)c2nn(-c3ccccc3Cl)c(C)cc2=O)cc1. The molecule has 1 aromatic heterocycles. The summed E-state index contributed by atoms with van der Waals surface area (Å²) in [5.41, 5.74) is 0.381. The van der Waals surface area contributed by atoms with Gasteiger partial charge in [-0.15, -0.1) is 0 Å². The maximum absolute atomic E-state index is 12.5. The first-order valence-electron chi connectivity index (χ1n) is 8.17. The molecule has 0 aliphatic rings. The van der Waals surface area contributed by atoms with Crippen molar-refractivity contribution >= 4 is 23.5 Å². The number of carbonyl (C=O) groups is 2. The second-order valence-electron chi connectivity index (χ2n) is 5.77. The summed E-state index contributed by atoms with van der Waals surface area (Å²) < 4.78 is 11.2. The van der Waals surface area contributed by atoms with Gasteiger partial charge in [0.15, 0.2) is 0 Å². The van der Waals surface area contributed by atoms with Gasteiger partial charge < -0.3 is 9.47 Å². The van der Waals surface area contributed by atoms with Gasteiger partial charge in [-0.25, -0.2) is 14.3 Å². The van der Waals surface area contributed by atoms with Crippen molar-refractivity contribution in [1.29, 1.82) is 0 Å². The van der Waals surface area contributed by atoms with E-state index in [0.717, 1.165) is 0 Å². The van der Waals surface area contributed by atoms with Gasteiger partial charge in [0.05, 0.1) is 23.4 Å². The first-order valence-corrected chi connectivity index (χ1v) is 8.55. The van der Waals surface area contributed by atoms with Gasteiger partial charge in [0.1, 0.15) is 5.75 Å². The molecule has 0 bridgehead atoms. The molecule has 3 aromatic rings. The molecule has 2 aromatic carbocycles. The van der Waals surface area contributed by atoms with Crippen LogP contribution >= 0.6 is 11.6 Å². The number of ether oxygens (including phenoxy) is 2. The molecule has 0 fully saturated rings. The van der Waals surface area contributed by atoms with Gasteiger partial charge in [-0.05, 0) is 43.3 Å². The molecule has 0 saturated carbocycles. The van der Waals surface area contributed by atoms with Crippen molar-refractivity contribution in [2.75, 3.05) is 7.11 Å². The van der Waals surface area contributed by atoms with Gasteiger partial charge in [-0.3, -0.25) is 4.79 Å². The van der Waals surface area contributed by atoms with Crippen LogP contribution in [0.25, 0.3) is 5.69 Å². The molecule has 1 heterocycles. The molecule has 8 heteroatoms. The average Bonchev–Trinajstić information content (AvgIpc) is 2.68. The lowest BCUT2D eigenvalue weighted by molar-refractivity contribution is 0.0600. The summed E-state index contributed by atoms with van der Waals surface area (Å²) in [5, 5.41) is 4.55. The van der Waals surface area contributed by atoms with Crippen LogP contribution < -0.4 is 10.2 Å². The van der Waals surface area contributed by atoms with E-state index in [1.54, 1.807) is 31.2 Å². The zero-order chi connectivity index (χ0) is 20.3. The van der Waals surface area contributed by atoms with Gasteiger partial charge >= 0.3 is 11.9 Å². The molecule has 0 aliphatic heterocycles. The van der Waals surface area contributed by atoms with Crippen molar-refractivity contribution in [3.8, 4) is 11.4 Å². The number of nitrogens with zero attached hydrogens (tertiary/aromatic N) is 2. The summed E-state index contributed by atoms with van der Waals surface area (Å²) in [6.07, 6.45) is 0. The van der Waals surface area contributed by atoms with Crippen LogP contribution in [0.5, 0.6) is 5.75 Å². The molecular formula is C20H15ClN2O5. The van der Waals surface area contributed by atoms with Crippen LogP contribution in [-0.2, 0) is 4.74 Å². The molecule has 142 valence electrons. The molecule has 7 nitrogen and oxygen atoms in total. The molecule has 0 aliphatic carbocycles. The molecule has 0 atom stereocenters. The Bertz CT molecular complexity index is 1110. The van der Waals surface area contributed by atoms with E-state index in [0.29, 0.717) is 22.0 Å². The minimum absolute atomic E-state index is 0.156. The number of esters is 2. The van der Waals surface area contributed by atoms with Crippen LogP contribution in [0, 0.1) is 6.92 Å². The van der Waals surface area contributed by atoms with Gasteiger partial charge in [-0.2, -0.15) is 5.10 Å². The minimum Gasteiger partial charge on any atom is -0.465 e. The molecule has 3 rings (SSSR count). The molecule has 0 amide bonds. The molecule has 0 saturated heterocycles. The van der Waals surface area contributed by atoms with Crippen molar-refractivity contribution in [2.45, 2.75) is 6.92 Å². The van der Waals surface area contributed by atoms with Gasteiger partial charge in [0, 0.05) is 11.8 Å². The van der Waals surface area contributed by atoms with Crippen molar-refractivity contribution < 1.29 is 19.1 Å². The molecule has 0 N–H and O–H groups in total. The van der Waals surface area contributed by atoms with Crippen LogP contribution in [0.15, 0.2) is 59.4 Å². The van der Waals surface area contributed by atoms with Crippen LogP contribution in [-0.4, -0.2) is 28.8 Å². The number of hydrogen-bond acceptors (Lipinski definition) is 6. The summed E-state index contributed by atoms with van der Waals surface area (Å²) in [6, 6.07) is 13.9. The Kier molecular flexibility index (Phi) is 5.56. The second kappa shape index (κ2) is 8.06. The molecular weight excluding hydrogens is 384 g/mol. The largest absolute Gasteiger partial charge is 0.465 e. The fourth-order valence-electron chi connectivity index (χ4n) is 2.49. The summed E-state index contributed by atoms with van der Waals surface area (Å²) in [6.45, 7) is 1.68. The molecule has 28 heavy (non-hydrogen) atoms. The third-order valence-corrected chi connectivity index (χ3v) is 4.19. The number of rotatable bonds is 4. The van der Waals surface area contributed by atoms with Gasteiger partial charge in [0.2, 0.25) is 11.1 Å². The topological polar surface area (TPSA) is 87.5 Å². The third-order valence-electron chi connectivity index (χ3n) is 3.87. The predicted molar refractivity (Wildman–Crippen MR) is 102 cm³/mol. The van der Waals surface area contributed by atoms with E-state index >= 15 is 0 Å². The normalized spacial score (nSPS) is 10.4. The van der Waals surface area contributed by atoms with Crippen LogP contribution in [0.4, 0.5) is 0 Å². The quantitative estimate of drug-likeness (QED) is 0.495. The van der Waals surface area contributed by atoms with Gasteiger partial charge in [0.25, 0.3) is 0 Å². The minimum atomic E-state index is -0.920. The third kappa shape index (κ3) is 3.94. The number of aromatic nitrogens is 2. The fraction of sp³-hybridized carbons (Fsp3) is 0.100. The highest BCUT2D eigenvalue weighted by Crippen LogP contribution is 2.20. The highest BCUT2D eigenvalue weighted by Gasteiger charge is 2.18. The number of aryl methyl sites for hydroxylation is 1. The number of halogens is 1. The summed E-state index contributed by atoms with van der Waals surface area (Å²) in [7, 11) is 1.27. The molecule has 0 radical (unpaired) electrons. The number of para-hydroxylation sites is 1. The van der Waals surface area contributed by atoms with Crippen LogP contribution in [0.1, 0.15) is 26.5 Å². The Hall–Kier alpha value is -3.45. The maximum atomic E-state index is 12.5. The zero-order valence-electron chi connectivity index (χ0n) is 15.0. The van der Waals surface area contributed by atoms with Crippen LogP contribution in [0.3, 0.4) is 0 Å². The number of methoxy groups -OCH3 is 1. The predicted octanol–water partition coefficient (Wildman–Crippen LogP) is 3.20. The Labute approximate surface area is 165 Å². The van der Waals surface area contributed by atoms with E-state index in [4.69, 9.17) is 16.3 Å². The van der Waals surface area contributed by atoms with Crippen molar-refractivity contribution in [2.24, 2.45) is 0 Å². The Morgan fingerprint density at radius 3 is 2.36 bits per heavy atom. The summed E-state index contributed by atoms with van der Waals surface area (Å²) >= 11 is 6.19. The maximum Gasteiger partial charge on any atom is 0.368 e. The first-order chi connectivity index (χ1) is 13.4. The van der Waals surface area contributed by atoms with Gasteiger partial charge in [-0.1, -0.05) is 23.7 Å². The lowest BCUT2D eigenvalue weighted by Crippen LogP contribution is -2.25. The van der Waals surface area contributed by atoms with E-state index < -0.39 is 17.4 Å². The van der Waals surface area contributed by atoms with Crippen molar-refractivity contribution in [1.82, 2.24) is 9.78 Å². The van der Waals surface area contributed by atoms with E-state index in [-0.39, 0.29) is 11.4 Å². The number of carbonyl (C=O) groups excluding carboxylic acids is 2. The number of benzene rings is 2. The highest BCUT2D eigenvalue weighted by molar-refractivity contribution is 6.32. The van der Waals surface area contributed by atoms with Crippen LogP contribution in [0.2, 0.25) is 5.02 Å². The first kappa shape index (κ1) is 19.3. The second-order valence-corrected chi connectivity index (χ2v) is 6.17.